The summed E-state index contributed by atoms with van der Waals surface area (Å²) in [6, 6.07) is 4.00. The second-order valence-corrected chi connectivity index (χ2v) is 6.52. The molecule has 1 aromatic rings. The van der Waals surface area contributed by atoms with Crippen LogP contribution in [0.1, 0.15) is 62.5 Å². The maximum atomic E-state index is 9.50. The fourth-order valence-electron chi connectivity index (χ4n) is 4.20. The van der Waals surface area contributed by atoms with Gasteiger partial charge in [-0.2, -0.15) is 0 Å². The molecule has 4 heteroatoms. The Hall–Kier alpha value is -1.71. The van der Waals surface area contributed by atoms with Crippen LogP contribution < -0.4 is 9.47 Å². The molecule has 4 nitrogen and oxygen atoms in total. The molecule has 0 saturated heterocycles. The van der Waals surface area contributed by atoms with Gasteiger partial charge in [0.25, 0.3) is 0 Å². The average molecular weight is 303 g/mol. The highest BCUT2D eigenvalue weighted by Gasteiger charge is 2.44. The van der Waals surface area contributed by atoms with Crippen LogP contribution in [0.25, 0.3) is 0 Å². The van der Waals surface area contributed by atoms with Crippen molar-refractivity contribution in [3.63, 3.8) is 0 Å². The Morgan fingerprint density at radius 1 is 1.00 bits per heavy atom. The van der Waals surface area contributed by atoms with Crippen LogP contribution in [0.5, 0.6) is 11.5 Å². The van der Waals surface area contributed by atoms with Gasteiger partial charge in [-0.25, -0.2) is 0 Å². The van der Waals surface area contributed by atoms with Crippen molar-refractivity contribution in [1.82, 2.24) is 0 Å². The predicted molar refractivity (Wildman–Crippen MR) is 86.5 cm³/mol. The van der Waals surface area contributed by atoms with Gasteiger partial charge in [0.1, 0.15) is 11.5 Å². The van der Waals surface area contributed by atoms with E-state index < -0.39 is 0 Å². The van der Waals surface area contributed by atoms with Crippen molar-refractivity contribution in [3.05, 3.63) is 23.3 Å². The van der Waals surface area contributed by atoms with E-state index >= 15 is 0 Å². The molecular formula is C18H25NO3. The summed E-state index contributed by atoms with van der Waals surface area (Å²) in [4.78, 5) is 0. The smallest absolute Gasteiger partial charge is 0.132 e. The fourth-order valence-corrected chi connectivity index (χ4v) is 4.20. The van der Waals surface area contributed by atoms with E-state index in [2.05, 4.69) is 11.2 Å². The molecule has 2 aliphatic carbocycles. The summed E-state index contributed by atoms with van der Waals surface area (Å²) in [6.07, 6.45) is 9.50. The summed E-state index contributed by atoms with van der Waals surface area (Å²) in [6.45, 7) is 0. The van der Waals surface area contributed by atoms with Gasteiger partial charge in [0.15, 0.2) is 0 Å². The quantitative estimate of drug-likeness (QED) is 0.656. The molecule has 1 spiro atoms. The normalized spacial score (nSPS) is 22.2. The van der Waals surface area contributed by atoms with Gasteiger partial charge in [0, 0.05) is 23.5 Å². The lowest BCUT2D eigenvalue weighted by Gasteiger charge is -2.32. The van der Waals surface area contributed by atoms with Crippen molar-refractivity contribution in [1.29, 1.82) is 0 Å². The first kappa shape index (κ1) is 15.2. The van der Waals surface area contributed by atoms with Gasteiger partial charge < -0.3 is 14.7 Å². The zero-order chi connectivity index (χ0) is 15.6. The number of rotatable bonds is 2. The molecule has 0 atom stereocenters. The van der Waals surface area contributed by atoms with Crippen molar-refractivity contribution in [2.45, 2.75) is 56.8 Å². The average Bonchev–Trinajstić information content (AvgIpc) is 2.85. The van der Waals surface area contributed by atoms with Gasteiger partial charge >= 0.3 is 0 Å². The summed E-state index contributed by atoms with van der Waals surface area (Å²) in [7, 11) is 3.34. The molecule has 0 bridgehead atoms. The third-order valence-corrected chi connectivity index (χ3v) is 5.33. The molecule has 0 aromatic heterocycles. The minimum Gasteiger partial charge on any atom is -0.497 e. The Balaban J connectivity index is 2.14. The van der Waals surface area contributed by atoms with E-state index in [1.165, 1.54) is 37.7 Å². The monoisotopic (exact) mass is 303 g/mol. The number of hydrogen-bond acceptors (Lipinski definition) is 4. The van der Waals surface area contributed by atoms with Crippen LogP contribution in [-0.4, -0.2) is 25.1 Å². The summed E-state index contributed by atoms with van der Waals surface area (Å²) < 4.78 is 11.0. The van der Waals surface area contributed by atoms with Crippen molar-refractivity contribution < 1.29 is 14.7 Å². The van der Waals surface area contributed by atoms with Crippen molar-refractivity contribution in [2.24, 2.45) is 5.16 Å². The van der Waals surface area contributed by atoms with E-state index in [9.17, 15) is 5.21 Å². The van der Waals surface area contributed by atoms with Crippen molar-refractivity contribution >= 4 is 5.71 Å². The molecule has 2 aliphatic rings. The largest absolute Gasteiger partial charge is 0.497 e. The van der Waals surface area contributed by atoms with Crippen molar-refractivity contribution in [2.75, 3.05) is 14.2 Å². The fraction of sp³-hybridized carbons (Fsp3) is 0.611. The second-order valence-electron chi connectivity index (χ2n) is 6.52. The lowest BCUT2D eigenvalue weighted by Crippen LogP contribution is -2.25. The van der Waals surface area contributed by atoms with E-state index in [-0.39, 0.29) is 5.41 Å². The van der Waals surface area contributed by atoms with E-state index in [0.717, 1.165) is 42.0 Å². The zero-order valence-electron chi connectivity index (χ0n) is 13.5. The molecule has 0 aliphatic heterocycles. The Morgan fingerprint density at radius 3 is 2.27 bits per heavy atom. The number of nitrogens with zero attached hydrogens (tertiary/aromatic N) is 1. The number of fused-ring (bicyclic) bond motifs is 2. The molecule has 1 saturated carbocycles. The Kier molecular flexibility index (Phi) is 4.27. The van der Waals surface area contributed by atoms with Crippen LogP contribution in [0.4, 0.5) is 0 Å². The first-order chi connectivity index (χ1) is 10.7. The molecule has 0 heterocycles. The number of oxime groups is 1. The molecule has 3 rings (SSSR count). The zero-order valence-corrected chi connectivity index (χ0v) is 13.5. The third kappa shape index (κ3) is 2.44. The van der Waals surface area contributed by atoms with Crippen LogP contribution in [0.2, 0.25) is 0 Å². The standard InChI is InChI=1S/C18H25NO3/c1-21-13-10-14-17(16(11-13)22-2)15(19-20)12-18(14)8-6-4-3-5-7-9-18/h10-11,20H,3-9,12H2,1-2H3/b19-15+. The van der Waals surface area contributed by atoms with Gasteiger partial charge in [-0.3, -0.25) is 0 Å². The molecule has 0 amide bonds. The minimum absolute atomic E-state index is 0.0825. The highest BCUT2D eigenvalue weighted by atomic mass is 16.5. The van der Waals surface area contributed by atoms with E-state index in [1.54, 1.807) is 14.2 Å². The molecule has 22 heavy (non-hydrogen) atoms. The number of benzene rings is 1. The van der Waals surface area contributed by atoms with Gasteiger partial charge in [-0.1, -0.05) is 37.3 Å². The SMILES string of the molecule is COc1cc(OC)c2c(c1)C1(CCCCCCC1)C/C2=N\O. The van der Waals surface area contributed by atoms with Crippen LogP contribution in [-0.2, 0) is 5.41 Å². The molecule has 1 N–H and O–H groups in total. The summed E-state index contributed by atoms with van der Waals surface area (Å²) >= 11 is 0. The predicted octanol–water partition coefficient (Wildman–Crippen LogP) is 4.27. The number of ether oxygens (including phenoxy) is 2. The van der Waals surface area contributed by atoms with E-state index in [1.807, 2.05) is 6.07 Å². The molecule has 120 valence electrons. The maximum Gasteiger partial charge on any atom is 0.132 e. The number of methoxy groups -OCH3 is 2. The van der Waals surface area contributed by atoms with Crippen LogP contribution in [0.3, 0.4) is 0 Å². The molecule has 1 aromatic carbocycles. The summed E-state index contributed by atoms with van der Waals surface area (Å²) in [5.74, 6) is 1.57. The van der Waals surface area contributed by atoms with Gasteiger partial charge in [-0.05, 0) is 24.5 Å². The van der Waals surface area contributed by atoms with Crippen LogP contribution >= 0.6 is 0 Å². The topological polar surface area (TPSA) is 51.0 Å². The molecule has 0 radical (unpaired) electrons. The van der Waals surface area contributed by atoms with Gasteiger partial charge in [0.05, 0.1) is 19.9 Å². The second kappa shape index (κ2) is 6.19. The molecular weight excluding hydrogens is 278 g/mol. The molecule has 0 unspecified atom stereocenters. The summed E-state index contributed by atoms with van der Waals surface area (Å²) in [5, 5.41) is 13.1. The lowest BCUT2D eigenvalue weighted by molar-refractivity contribution is 0.307. The van der Waals surface area contributed by atoms with Crippen LogP contribution in [0.15, 0.2) is 17.3 Å². The van der Waals surface area contributed by atoms with E-state index in [0.29, 0.717) is 0 Å². The van der Waals surface area contributed by atoms with Crippen LogP contribution in [0, 0.1) is 0 Å². The third-order valence-electron chi connectivity index (χ3n) is 5.33. The van der Waals surface area contributed by atoms with Gasteiger partial charge in [0.2, 0.25) is 0 Å². The number of hydrogen-bond donors (Lipinski definition) is 1. The van der Waals surface area contributed by atoms with Gasteiger partial charge in [-0.15, -0.1) is 0 Å². The highest BCUT2D eigenvalue weighted by molar-refractivity contribution is 6.08. The summed E-state index contributed by atoms with van der Waals surface area (Å²) in [5.41, 5.74) is 3.07. The first-order valence-corrected chi connectivity index (χ1v) is 8.22. The Labute approximate surface area is 132 Å². The van der Waals surface area contributed by atoms with E-state index in [4.69, 9.17) is 9.47 Å². The maximum absolute atomic E-state index is 9.50. The minimum atomic E-state index is 0.0825. The Bertz CT molecular complexity index is 572. The Morgan fingerprint density at radius 2 is 1.68 bits per heavy atom. The highest BCUT2D eigenvalue weighted by Crippen LogP contribution is 2.51. The first-order valence-electron chi connectivity index (χ1n) is 8.22. The molecule has 1 fully saturated rings. The van der Waals surface area contributed by atoms with Crippen molar-refractivity contribution in [3.8, 4) is 11.5 Å². The lowest BCUT2D eigenvalue weighted by atomic mass is 9.72.